The Bertz CT molecular complexity index is 165. The highest BCUT2D eigenvalue weighted by Gasteiger charge is 2.04. The van der Waals surface area contributed by atoms with Crippen LogP contribution in [-0.2, 0) is 4.74 Å². The van der Waals surface area contributed by atoms with E-state index in [0.29, 0.717) is 0 Å². The van der Waals surface area contributed by atoms with Gasteiger partial charge in [-0.1, -0.05) is 13.3 Å². The molecule has 0 N–H and O–H groups in total. The average Bonchev–Trinajstić information content (AvgIpc) is 2.17. The lowest BCUT2D eigenvalue weighted by Crippen LogP contribution is -2.27. The SMILES string of the molecule is CCCCOCCN(C)CC(C)C#N. The van der Waals surface area contributed by atoms with Crippen LogP contribution in [0.25, 0.3) is 0 Å². The summed E-state index contributed by atoms with van der Waals surface area (Å²) in [5, 5.41) is 8.62. The summed E-state index contributed by atoms with van der Waals surface area (Å²) >= 11 is 0. The molecule has 0 saturated heterocycles. The maximum absolute atomic E-state index is 8.62. The zero-order valence-electron chi connectivity index (χ0n) is 9.62. The van der Waals surface area contributed by atoms with Crippen molar-refractivity contribution in [1.82, 2.24) is 4.90 Å². The van der Waals surface area contributed by atoms with Gasteiger partial charge in [0.25, 0.3) is 0 Å². The number of nitriles is 1. The van der Waals surface area contributed by atoms with E-state index in [1.165, 1.54) is 6.42 Å². The van der Waals surface area contributed by atoms with Crippen molar-refractivity contribution in [1.29, 1.82) is 5.26 Å². The molecule has 3 nitrogen and oxygen atoms in total. The van der Waals surface area contributed by atoms with Gasteiger partial charge in [0, 0.05) is 19.7 Å². The predicted molar refractivity (Wildman–Crippen MR) is 58.0 cm³/mol. The van der Waals surface area contributed by atoms with E-state index in [4.69, 9.17) is 10.00 Å². The van der Waals surface area contributed by atoms with Gasteiger partial charge in [-0.15, -0.1) is 0 Å². The monoisotopic (exact) mass is 198 g/mol. The minimum absolute atomic E-state index is 0.107. The fraction of sp³-hybridized carbons (Fsp3) is 0.909. The van der Waals surface area contributed by atoms with Crippen LogP contribution in [0.15, 0.2) is 0 Å². The quantitative estimate of drug-likeness (QED) is 0.559. The molecule has 0 aromatic carbocycles. The molecule has 0 spiro atoms. The van der Waals surface area contributed by atoms with E-state index in [1.807, 2.05) is 14.0 Å². The first-order valence-electron chi connectivity index (χ1n) is 5.36. The Balaban J connectivity index is 3.27. The van der Waals surface area contributed by atoms with Gasteiger partial charge in [0.05, 0.1) is 18.6 Å². The summed E-state index contributed by atoms with van der Waals surface area (Å²) in [6.07, 6.45) is 2.32. The topological polar surface area (TPSA) is 36.3 Å². The molecule has 0 rings (SSSR count). The Morgan fingerprint density at radius 3 is 2.71 bits per heavy atom. The molecule has 0 aromatic rings. The molecule has 0 bridgehead atoms. The van der Waals surface area contributed by atoms with Gasteiger partial charge < -0.3 is 9.64 Å². The Morgan fingerprint density at radius 1 is 1.43 bits per heavy atom. The number of hydrogen-bond donors (Lipinski definition) is 0. The largest absolute Gasteiger partial charge is 0.380 e. The first-order chi connectivity index (χ1) is 6.70. The number of ether oxygens (including phenoxy) is 1. The third-order valence-corrected chi connectivity index (χ3v) is 2.07. The molecular formula is C11H22N2O. The standard InChI is InChI=1S/C11H22N2O/c1-4-5-7-14-8-6-13(3)10-11(2)9-12/h11H,4-8,10H2,1-3H3. The van der Waals surface area contributed by atoms with Crippen molar-refractivity contribution < 1.29 is 4.74 Å². The highest BCUT2D eigenvalue weighted by molar-refractivity contribution is 4.80. The molecule has 0 aliphatic carbocycles. The van der Waals surface area contributed by atoms with Gasteiger partial charge in [-0.3, -0.25) is 0 Å². The van der Waals surface area contributed by atoms with E-state index < -0.39 is 0 Å². The summed E-state index contributed by atoms with van der Waals surface area (Å²) in [4.78, 5) is 2.14. The van der Waals surface area contributed by atoms with Crippen LogP contribution in [0.2, 0.25) is 0 Å². The predicted octanol–water partition coefficient (Wildman–Crippen LogP) is 1.89. The highest BCUT2D eigenvalue weighted by atomic mass is 16.5. The average molecular weight is 198 g/mol. The normalized spacial score (nSPS) is 12.8. The molecule has 3 heteroatoms. The number of hydrogen-bond acceptors (Lipinski definition) is 3. The number of rotatable bonds is 8. The summed E-state index contributed by atoms with van der Waals surface area (Å²) in [5.74, 6) is 0.107. The third kappa shape index (κ3) is 8.03. The maximum Gasteiger partial charge on any atom is 0.0666 e. The summed E-state index contributed by atoms with van der Waals surface area (Å²) in [6, 6.07) is 2.22. The highest BCUT2D eigenvalue weighted by Crippen LogP contribution is 1.95. The molecule has 0 heterocycles. The third-order valence-electron chi connectivity index (χ3n) is 2.07. The first kappa shape index (κ1) is 13.4. The van der Waals surface area contributed by atoms with E-state index in [2.05, 4.69) is 17.9 Å². The van der Waals surface area contributed by atoms with Gasteiger partial charge in [0.15, 0.2) is 0 Å². The van der Waals surface area contributed by atoms with Gasteiger partial charge in [0.2, 0.25) is 0 Å². The van der Waals surface area contributed by atoms with Gasteiger partial charge in [-0.05, 0) is 20.4 Å². The second-order valence-electron chi connectivity index (χ2n) is 3.76. The van der Waals surface area contributed by atoms with Gasteiger partial charge >= 0.3 is 0 Å². The zero-order chi connectivity index (χ0) is 10.8. The molecule has 0 aromatic heterocycles. The van der Waals surface area contributed by atoms with E-state index in [1.54, 1.807) is 0 Å². The number of nitrogens with zero attached hydrogens (tertiary/aromatic N) is 2. The number of likely N-dealkylation sites (N-methyl/N-ethyl adjacent to an activating group) is 1. The molecule has 0 amide bonds. The van der Waals surface area contributed by atoms with Gasteiger partial charge in [-0.2, -0.15) is 5.26 Å². The zero-order valence-corrected chi connectivity index (χ0v) is 9.62. The molecule has 1 unspecified atom stereocenters. The summed E-state index contributed by atoms with van der Waals surface area (Å²) in [6.45, 7) is 7.47. The van der Waals surface area contributed by atoms with Crippen LogP contribution in [0.1, 0.15) is 26.7 Å². The number of unbranched alkanes of at least 4 members (excludes halogenated alkanes) is 1. The van der Waals surface area contributed by atoms with Gasteiger partial charge in [0.1, 0.15) is 0 Å². The fourth-order valence-corrected chi connectivity index (χ4v) is 1.17. The van der Waals surface area contributed by atoms with Crippen LogP contribution in [-0.4, -0.2) is 38.3 Å². The van der Waals surface area contributed by atoms with Crippen molar-refractivity contribution >= 4 is 0 Å². The Hall–Kier alpha value is -0.590. The Morgan fingerprint density at radius 2 is 2.14 bits per heavy atom. The Kier molecular flexibility index (Phi) is 8.61. The van der Waals surface area contributed by atoms with Crippen molar-refractivity contribution in [2.24, 2.45) is 5.92 Å². The fourth-order valence-electron chi connectivity index (χ4n) is 1.17. The summed E-state index contributed by atoms with van der Waals surface area (Å²) in [7, 11) is 2.02. The van der Waals surface area contributed by atoms with Crippen molar-refractivity contribution in [3.8, 4) is 6.07 Å². The van der Waals surface area contributed by atoms with E-state index >= 15 is 0 Å². The minimum atomic E-state index is 0.107. The van der Waals surface area contributed by atoms with Crippen molar-refractivity contribution in [3.05, 3.63) is 0 Å². The molecule has 1 atom stereocenters. The molecule has 0 aliphatic heterocycles. The molecule has 0 saturated carbocycles. The van der Waals surface area contributed by atoms with E-state index in [9.17, 15) is 0 Å². The van der Waals surface area contributed by atoms with Crippen LogP contribution in [0, 0.1) is 17.2 Å². The van der Waals surface area contributed by atoms with Gasteiger partial charge in [-0.25, -0.2) is 0 Å². The molecule has 14 heavy (non-hydrogen) atoms. The molecule has 0 aliphatic rings. The van der Waals surface area contributed by atoms with E-state index in [0.717, 1.165) is 32.7 Å². The lowest BCUT2D eigenvalue weighted by Gasteiger charge is -2.17. The van der Waals surface area contributed by atoms with Crippen LogP contribution < -0.4 is 0 Å². The Labute approximate surface area is 87.7 Å². The van der Waals surface area contributed by atoms with Crippen LogP contribution in [0.3, 0.4) is 0 Å². The first-order valence-corrected chi connectivity index (χ1v) is 5.36. The van der Waals surface area contributed by atoms with E-state index in [-0.39, 0.29) is 5.92 Å². The molecular weight excluding hydrogens is 176 g/mol. The molecule has 0 fully saturated rings. The molecule has 82 valence electrons. The van der Waals surface area contributed by atoms with Crippen LogP contribution >= 0.6 is 0 Å². The summed E-state index contributed by atoms with van der Waals surface area (Å²) in [5.41, 5.74) is 0. The van der Waals surface area contributed by atoms with Crippen molar-refractivity contribution in [2.75, 3.05) is 33.4 Å². The lowest BCUT2D eigenvalue weighted by atomic mass is 10.2. The van der Waals surface area contributed by atoms with Crippen LogP contribution in [0.4, 0.5) is 0 Å². The lowest BCUT2D eigenvalue weighted by molar-refractivity contribution is 0.107. The van der Waals surface area contributed by atoms with Crippen molar-refractivity contribution in [2.45, 2.75) is 26.7 Å². The minimum Gasteiger partial charge on any atom is -0.380 e. The second kappa shape index (κ2) is 8.98. The smallest absolute Gasteiger partial charge is 0.0666 e. The van der Waals surface area contributed by atoms with Crippen LogP contribution in [0.5, 0.6) is 0 Å². The maximum atomic E-state index is 8.62. The molecule has 0 radical (unpaired) electrons. The second-order valence-corrected chi connectivity index (χ2v) is 3.76. The van der Waals surface area contributed by atoms with Crippen molar-refractivity contribution in [3.63, 3.8) is 0 Å². The summed E-state index contributed by atoms with van der Waals surface area (Å²) < 4.78 is 5.44.